The Morgan fingerprint density at radius 1 is 1.42 bits per heavy atom. The number of rotatable bonds is 7. The molecule has 1 aromatic rings. The number of nitrogens with one attached hydrogen (secondary N) is 1. The van der Waals surface area contributed by atoms with Crippen LogP contribution in [0, 0.1) is 11.6 Å². The maximum Gasteiger partial charge on any atom is 0.323 e. The Kier molecular flexibility index (Phi) is 6.80. The number of benzene rings is 1. The van der Waals surface area contributed by atoms with E-state index in [4.69, 9.17) is 4.74 Å². The van der Waals surface area contributed by atoms with Gasteiger partial charge in [-0.15, -0.1) is 11.8 Å². The molecular formula is C13H17F2NO2S. The Bertz CT molecular complexity index is 429. The highest BCUT2D eigenvalue weighted by molar-refractivity contribution is 7.99. The Hall–Kier alpha value is -1.14. The molecule has 0 heterocycles. The van der Waals surface area contributed by atoms with Crippen molar-refractivity contribution in [1.29, 1.82) is 0 Å². The molecular weight excluding hydrogens is 272 g/mol. The van der Waals surface area contributed by atoms with Crippen LogP contribution in [0.3, 0.4) is 0 Å². The summed E-state index contributed by atoms with van der Waals surface area (Å²) in [5, 5.41) is 3.05. The van der Waals surface area contributed by atoms with E-state index in [9.17, 15) is 13.6 Å². The zero-order valence-electron chi connectivity index (χ0n) is 10.9. The zero-order valence-corrected chi connectivity index (χ0v) is 11.7. The Morgan fingerprint density at radius 3 is 2.74 bits per heavy atom. The third kappa shape index (κ3) is 5.16. The number of hydrogen-bond donors (Lipinski definition) is 1. The highest BCUT2D eigenvalue weighted by Gasteiger charge is 2.18. The summed E-state index contributed by atoms with van der Waals surface area (Å²) >= 11 is 1.28. The summed E-state index contributed by atoms with van der Waals surface area (Å²) in [7, 11) is 1.32. The van der Waals surface area contributed by atoms with E-state index >= 15 is 0 Å². The lowest BCUT2D eigenvalue weighted by molar-refractivity contribution is -0.142. The topological polar surface area (TPSA) is 38.3 Å². The van der Waals surface area contributed by atoms with E-state index < -0.39 is 17.7 Å². The number of esters is 1. The van der Waals surface area contributed by atoms with Crippen molar-refractivity contribution in [2.75, 3.05) is 19.4 Å². The van der Waals surface area contributed by atoms with Gasteiger partial charge in [-0.05, 0) is 31.2 Å². The third-order valence-electron chi connectivity index (χ3n) is 2.43. The van der Waals surface area contributed by atoms with E-state index in [1.54, 1.807) is 0 Å². The minimum Gasteiger partial charge on any atom is -0.468 e. The molecule has 0 aromatic heterocycles. The van der Waals surface area contributed by atoms with Crippen molar-refractivity contribution < 1.29 is 18.3 Å². The first-order chi connectivity index (χ1) is 9.08. The summed E-state index contributed by atoms with van der Waals surface area (Å²) in [6.07, 6.45) is 0.892. The molecule has 0 saturated heterocycles. The van der Waals surface area contributed by atoms with Crippen molar-refractivity contribution in [1.82, 2.24) is 5.32 Å². The number of halogens is 2. The Labute approximate surface area is 115 Å². The van der Waals surface area contributed by atoms with Crippen LogP contribution in [0.4, 0.5) is 8.78 Å². The molecule has 0 saturated carbocycles. The fourth-order valence-electron chi connectivity index (χ4n) is 1.42. The molecule has 106 valence electrons. The number of carbonyl (C=O) groups is 1. The van der Waals surface area contributed by atoms with E-state index in [0.29, 0.717) is 17.2 Å². The van der Waals surface area contributed by atoms with Crippen molar-refractivity contribution in [3.63, 3.8) is 0 Å². The van der Waals surface area contributed by atoms with Crippen LogP contribution in [-0.4, -0.2) is 31.4 Å². The van der Waals surface area contributed by atoms with Crippen LogP contribution in [0.2, 0.25) is 0 Å². The second-order valence-corrected chi connectivity index (χ2v) is 5.01. The smallest absolute Gasteiger partial charge is 0.323 e. The molecule has 0 fully saturated rings. The van der Waals surface area contributed by atoms with Crippen LogP contribution in [0.25, 0.3) is 0 Å². The van der Waals surface area contributed by atoms with Crippen molar-refractivity contribution in [3.05, 3.63) is 29.8 Å². The van der Waals surface area contributed by atoms with Crippen LogP contribution in [0.1, 0.15) is 13.3 Å². The van der Waals surface area contributed by atoms with Gasteiger partial charge in [0.05, 0.1) is 7.11 Å². The number of ether oxygens (including phenoxy) is 1. The number of hydrogen-bond acceptors (Lipinski definition) is 4. The van der Waals surface area contributed by atoms with Crippen LogP contribution < -0.4 is 5.32 Å². The van der Waals surface area contributed by atoms with Gasteiger partial charge in [-0.1, -0.05) is 6.92 Å². The maximum absolute atomic E-state index is 13.0. The molecule has 0 spiro atoms. The predicted octanol–water partition coefficient (Wildman–Crippen LogP) is 2.60. The molecule has 0 bridgehead atoms. The molecule has 1 rings (SSSR count). The van der Waals surface area contributed by atoms with Crippen molar-refractivity contribution in [2.45, 2.75) is 24.3 Å². The van der Waals surface area contributed by atoms with Gasteiger partial charge in [-0.3, -0.25) is 4.79 Å². The third-order valence-corrected chi connectivity index (χ3v) is 3.52. The monoisotopic (exact) mass is 289 g/mol. The van der Waals surface area contributed by atoms with Gasteiger partial charge in [0.25, 0.3) is 0 Å². The first-order valence-corrected chi connectivity index (χ1v) is 6.96. The number of methoxy groups -OCH3 is 1. The minimum absolute atomic E-state index is 0.358. The number of thioether (sulfide) groups is 1. The van der Waals surface area contributed by atoms with Crippen LogP contribution in [-0.2, 0) is 9.53 Å². The quantitative estimate of drug-likeness (QED) is 0.618. The molecule has 19 heavy (non-hydrogen) atoms. The van der Waals surface area contributed by atoms with E-state index in [2.05, 4.69) is 5.32 Å². The van der Waals surface area contributed by atoms with Gasteiger partial charge in [0, 0.05) is 10.6 Å². The SMILES string of the molecule is CCCNC(CSc1ccc(F)c(F)c1)C(=O)OC. The summed E-state index contributed by atoms with van der Waals surface area (Å²) in [6.45, 7) is 2.68. The van der Waals surface area contributed by atoms with E-state index in [0.717, 1.165) is 18.6 Å². The molecule has 0 radical (unpaired) electrons. The highest BCUT2D eigenvalue weighted by atomic mass is 32.2. The average Bonchev–Trinajstić information content (AvgIpc) is 2.42. The van der Waals surface area contributed by atoms with Crippen LogP contribution in [0.15, 0.2) is 23.1 Å². The van der Waals surface area contributed by atoms with E-state index in [-0.39, 0.29) is 5.97 Å². The van der Waals surface area contributed by atoms with Gasteiger partial charge in [-0.2, -0.15) is 0 Å². The molecule has 0 amide bonds. The first kappa shape index (κ1) is 15.9. The van der Waals surface area contributed by atoms with Crippen molar-refractivity contribution >= 4 is 17.7 Å². The number of carbonyl (C=O) groups excluding carboxylic acids is 1. The second-order valence-electron chi connectivity index (χ2n) is 3.92. The summed E-state index contributed by atoms with van der Waals surface area (Å²) < 4.78 is 30.5. The summed E-state index contributed by atoms with van der Waals surface area (Å²) in [4.78, 5) is 12.1. The molecule has 6 heteroatoms. The Morgan fingerprint density at radius 2 is 2.16 bits per heavy atom. The van der Waals surface area contributed by atoms with E-state index in [1.807, 2.05) is 6.92 Å². The van der Waals surface area contributed by atoms with Gasteiger partial charge >= 0.3 is 5.97 Å². The molecule has 1 unspecified atom stereocenters. The average molecular weight is 289 g/mol. The van der Waals surface area contributed by atoms with Crippen LogP contribution in [0.5, 0.6) is 0 Å². The predicted molar refractivity (Wildman–Crippen MR) is 71.2 cm³/mol. The lowest BCUT2D eigenvalue weighted by atomic mass is 10.3. The van der Waals surface area contributed by atoms with Gasteiger partial charge in [-0.25, -0.2) is 8.78 Å². The largest absolute Gasteiger partial charge is 0.468 e. The molecule has 1 atom stereocenters. The van der Waals surface area contributed by atoms with Crippen molar-refractivity contribution in [3.8, 4) is 0 Å². The van der Waals surface area contributed by atoms with Crippen LogP contribution >= 0.6 is 11.8 Å². The normalized spacial score (nSPS) is 12.2. The van der Waals surface area contributed by atoms with E-state index in [1.165, 1.54) is 24.9 Å². The van der Waals surface area contributed by atoms with Gasteiger partial charge in [0.1, 0.15) is 6.04 Å². The fourth-order valence-corrected chi connectivity index (χ4v) is 2.38. The zero-order chi connectivity index (χ0) is 14.3. The fraction of sp³-hybridized carbons (Fsp3) is 0.462. The van der Waals surface area contributed by atoms with Gasteiger partial charge in [0.2, 0.25) is 0 Å². The van der Waals surface area contributed by atoms with Gasteiger partial charge < -0.3 is 10.1 Å². The standard InChI is InChI=1S/C13H17F2NO2S/c1-3-6-16-12(13(17)18-2)8-19-9-4-5-10(14)11(15)7-9/h4-5,7,12,16H,3,6,8H2,1-2H3. The minimum atomic E-state index is -0.888. The van der Waals surface area contributed by atoms with Gasteiger partial charge in [0.15, 0.2) is 11.6 Å². The molecule has 0 aliphatic rings. The second kappa shape index (κ2) is 8.12. The lowest BCUT2D eigenvalue weighted by Crippen LogP contribution is -2.40. The first-order valence-electron chi connectivity index (χ1n) is 5.97. The highest BCUT2D eigenvalue weighted by Crippen LogP contribution is 2.21. The van der Waals surface area contributed by atoms with Crippen molar-refractivity contribution in [2.24, 2.45) is 0 Å². The summed E-state index contributed by atoms with van der Waals surface area (Å²) in [5.74, 6) is -1.72. The molecule has 1 N–H and O–H groups in total. The molecule has 3 nitrogen and oxygen atoms in total. The summed E-state index contributed by atoms with van der Waals surface area (Å²) in [5.41, 5.74) is 0. The maximum atomic E-state index is 13.0. The summed E-state index contributed by atoms with van der Waals surface area (Å²) in [6, 6.07) is 3.22. The lowest BCUT2D eigenvalue weighted by Gasteiger charge is -2.15. The molecule has 1 aromatic carbocycles. The Balaban J connectivity index is 2.59. The molecule has 0 aliphatic carbocycles. The molecule has 0 aliphatic heterocycles.